The second-order valence-electron chi connectivity index (χ2n) is 5.31. The predicted octanol–water partition coefficient (Wildman–Crippen LogP) is 3.47. The number of hydrogen-bond acceptors (Lipinski definition) is 3. The van der Waals surface area contributed by atoms with E-state index in [1.807, 2.05) is 36.4 Å². The van der Waals surface area contributed by atoms with Crippen LogP contribution in [-0.2, 0) is 6.42 Å². The third-order valence-corrected chi connectivity index (χ3v) is 3.48. The standard InChI is InChI=1S/C17H18O3/c1-17(11-13-7-9-14(18-2)10-8-13)12-19-15-5-3-4-6-16(15)20-17/h3-10H,11-12H2,1-2H3/t17-/m0/s1. The molecule has 104 valence electrons. The van der Waals surface area contributed by atoms with Gasteiger partial charge < -0.3 is 14.2 Å². The van der Waals surface area contributed by atoms with Crippen molar-refractivity contribution in [2.24, 2.45) is 0 Å². The molecule has 0 spiro atoms. The fourth-order valence-corrected chi connectivity index (χ4v) is 2.44. The summed E-state index contributed by atoms with van der Waals surface area (Å²) in [6, 6.07) is 15.9. The minimum Gasteiger partial charge on any atom is -0.497 e. The van der Waals surface area contributed by atoms with Gasteiger partial charge in [0.15, 0.2) is 11.5 Å². The van der Waals surface area contributed by atoms with Crippen LogP contribution in [0.5, 0.6) is 17.2 Å². The van der Waals surface area contributed by atoms with Crippen LogP contribution >= 0.6 is 0 Å². The van der Waals surface area contributed by atoms with Gasteiger partial charge in [-0.2, -0.15) is 0 Å². The topological polar surface area (TPSA) is 27.7 Å². The Hall–Kier alpha value is -2.16. The third-order valence-electron chi connectivity index (χ3n) is 3.48. The van der Waals surface area contributed by atoms with Crippen molar-refractivity contribution >= 4 is 0 Å². The van der Waals surface area contributed by atoms with Crippen LogP contribution in [0, 0.1) is 0 Å². The van der Waals surface area contributed by atoms with Gasteiger partial charge in [-0.1, -0.05) is 24.3 Å². The highest BCUT2D eigenvalue weighted by atomic mass is 16.6. The summed E-state index contributed by atoms with van der Waals surface area (Å²) >= 11 is 0. The van der Waals surface area contributed by atoms with Crippen LogP contribution in [0.4, 0.5) is 0 Å². The summed E-state index contributed by atoms with van der Waals surface area (Å²) in [5.41, 5.74) is 0.861. The smallest absolute Gasteiger partial charge is 0.162 e. The molecule has 3 rings (SSSR count). The maximum Gasteiger partial charge on any atom is 0.162 e. The van der Waals surface area contributed by atoms with Gasteiger partial charge in [0.1, 0.15) is 18.0 Å². The maximum absolute atomic E-state index is 6.12. The lowest BCUT2D eigenvalue weighted by Crippen LogP contribution is -2.43. The average Bonchev–Trinajstić information content (AvgIpc) is 2.47. The number of hydrogen-bond donors (Lipinski definition) is 0. The summed E-state index contributed by atoms with van der Waals surface area (Å²) in [6.45, 7) is 2.63. The third kappa shape index (κ3) is 2.57. The van der Waals surface area contributed by atoms with Crippen LogP contribution in [0.3, 0.4) is 0 Å². The Kier molecular flexibility index (Phi) is 3.26. The molecule has 1 aliphatic heterocycles. The van der Waals surface area contributed by atoms with Crippen LogP contribution < -0.4 is 14.2 Å². The lowest BCUT2D eigenvalue weighted by Gasteiger charge is -2.35. The molecule has 0 aromatic heterocycles. The van der Waals surface area contributed by atoms with Crippen LogP contribution in [0.25, 0.3) is 0 Å². The molecule has 1 aliphatic rings. The predicted molar refractivity (Wildman–Crippen MR) is 77.7 cm³/mol. The fraction of sp³-hybridized carbons (Fsp3) is 0.294. The Bertz CT molecular complexity index is 591. The number of methoxy groups -OCH3 is 1. The SMILES string of the molecule is COc1ccc(C[C@@]2(C)COc3ccccc3O2)cc1. The van der Waals surface area contributed by atoms with Crippen molar-refractivity contribution in [2.75, 3.05) is 13.7 Å². The summed E-state index contributed by atoms with van der Waals surface area (Å²) in [7, 11) is 1.67. The van der Waals surface area contributed by atoms with Crippen LogP contribution in [-0.4, -0.2) is 19.3 Å². The van der Waals surface area contributed by atoms with Gasteiger partial charge in [-0.25, -0.2) is 0 Å². The van der Waals surface area contributed by atoms with E-state index in [4.69, 9.17) is 14.2 Å². The summed E-state index contributed by atoms with van der Waals surface area (Å²) in [4.78, 5) is 0. The van der Waals surface area contributed by atoms with Crippen molar-refractivity contribution in [1.29, 1.82) is 0 Å². The van der Waals surface area contributed by atoms with E-state index in [0.29, 0.717) is 6.61 Å². The Balaban J connectivity index is 1.77. The average molecular weight is 270 g/mol. The number of rotatable bonds is 3. The quantitative estimate of drug-likeness (QED) is 0.854. The van der Waals surface area contributed by atoms with Gasteiger partial charge in [0.05, 0.1) is 7.11 Å². The molecule has 0 saturated carbocycles. The molecule has 0 aliphatic carbocycles. The lowest BCUT2D eigenvalue weighted by atomic mass is 9.96. The van der Waals surface area contributed by atoms with Crippen LogP contribution in [0.2, 0.25) is 0 Å². The van der Waals surface area contributed by atoms with E-state index in [1.165, 1.54) is 5.56 Å². The molecule has 2 aromatic carbocycles. The molecule has 3 nitrogen and oxygen atoms in total. The Morgan fingerprint density at radius 1 is 1.05 bits per heavy atom. The van der Waals surface area contributed by atoms with Gasteiger partial charge in [0, 0.05) is 6.42 Å². The van der Waals surface area contributed by atoms with Crippen molar-refractivity contribution in [1.82, 2.24) is 0 Å². The molecule has 3 heteroatoms. The lowest BCUT2D eigenvalue weighted by molar-refractivity contribution is 0.00657. The Morgan fingerprint density at radius 2 is 1.75 bits per heavy atom. The molecule has 0 fully saturated rings. The van der Waals surface area contributed by atoms with Gasteiger partial charge in [-0.05, 0) is 36.8 Å². The number of ether oxygens (including phenoxy) is 3. The molecule has 0 N–H and O–H groups in total. The molecular weight excluding hydrogens is 252 g/mol. The molecule has 0 radical (unpaired) electrons. The second-order valence-corrected chi connectivity index (χ2v) is 5.31. The van der Waals surface area contributed by atoms with Crippen molar-refractivity contribution in [3.8, 4) is 17.2 Å². The van der Waals surface area contributed by atoms with Crippen LogP contribution in [0.1, 0.15) is 12.5 Å². The van der Waals surface area contributed by atoms with Gasteiger partial charge in [0.2, 0.25) is 0 Å². The normalized spacial score (nSPS) is 20.5. The molecule has 0 bridgehead atoms. The second kappa shape index (κ2) is 5.08. The minimum atomic E-state index is -0.344. The zero-order valence-electron chi connectivity index (χ0n) is 11.8. The molecule has 2 aromatic rings. The van der Waals surface area contributed by atoms with E-state index in [-0.39, 0.29) is 5.60 Å². The number of benzene rings is 2. The first kappa shape index (κ1) is 12.9. The first-order valence-electron chi connectivity index (χ1n) is 6.72. The van der Waals surface area contributed by atoms with E-state index in [2.05, 4.69) is 19.1 Å². The number of para-hydroxylation sites is 2. The molecule has 1 heterocycles. The van der Waals surface area contributed by atoms with Gasteiger partial charge in [-0.3, -0.25) is 0 Å². The maximum atomic E-state index is 6.12. The van der Waals surface area contributed by atoms with Crippen molar-refractivity contribution in [3.05, 3.63) is 54.1 Å². The van der Waals surface area contributed by atoms with E-state index in [0.717, 1.165) is 23.7 Å². The molecular formula is C17H18O3. The largest absolute Gasteiger partial charge is 0.497 e. The highest BCUT2D eigenvalue weighted by Gasteiger charge is 2.33. The van der Waals surface area contributed by atoms with E-state index >= 15 is 0 Å². The molecule has 0 unspecified atom stereocenters. The summed E-state index contributed by atoms with van der Waals surface area (Å²) in [5.74, 6) is 2.50. The highest BCUT2D eigenvalue weighted by Crippen LogP contribution is 2.36. The highest BCUT2D eigenvalue weighted by molar-refractivity contribution is 5.41. The molecule has 1 atom stereocenters. The Morgan fingerprint density at radius 3 is 2.45 bits per heavy atom. The van der Waals surface area contributed by atoms with E-state index in [9.17, 15) is 0 Å². The van der Waals surface area contributed by atoms with Crippen molar-refractivity contribution < 1.29 is 14.2 Å². The first-order chi connectivity index (χ1) is 9.68. The monoisotopic (exact) mass is 270 g/mol. The van der Waals surface area contributed by atoms with E-state index in [1.54, 1.807) is 7.11 Å². The first-order valence-corrected chi connectivity index (χ1v) is 6.72. The molecule has 0 amide bonds. The van der Waals surface area contributed by atoms with Gasteiger partial charge in [-0.15, -0.1) is 0 Å². The zero-order valence-corrected chi connectivity index (χ0v) is 11.8. The number of fused-ring (bicyclic) bond motifs is 1. The minimum absolute atomic E-state index is 0.344. The van der Waals surface area contributed by atoms with Crippen molar-refractivity contribution in [2.45, 2.75) is 18.9 Å². The summed E-state index contributed by atoms with van der Waals surface area (Å²) in [5, 5.41) is 0. The van der Waals surface area contributed by atoms with Gasteiger partial charge in [0.25, 0.3) is 0 Å². The van der Waals surface area contributed by atoms with Crippen LogP contribution in [0.15, 0.2) is 48.5 Å². The van der Waals surface area contributed by atoms with Gasteiger partial charge >= 0.3 is 0 Å². The molecule has 0 saturated heterocycles. The van der Waals surface area contributed by atoms with E-state index < -0.39 is 0 Å². The molecule has 20 heavy (non-hydrogen) atoms. The summed E-state index contributed by atoms with van der Waals surface area (Å²) in [6.07, 6.45) is 0.797. The fourth-order valence-electron chi connectivity index (χ4n) is 2.44. The zero-order chi connectivity index (χ0) is 14.0. The summed E-state index contributed by atoms with van der Waals surface area (Å²) < 4.78 is 17.1. The van der Waals surface area contributed by atoms with Crippen molar-refractivity contribution in [3.63, 3.8) is 0 Å². The Labute approximate surface area is 119 Å².